The first-order chi connectivity index (χ1) is 16.5. The number of unbranched alkanes of at least 4 members (excludes halogenated alkanes) is 1. The molecule has 0 fully saturated rings. The molecule has 192 valence electrons. The fraction of sp³-hybridized carbons (Fsp3) is 0.417. The Morgan fingerprint density at radius 1 is 1.17 bits per heavy atom. The van der Waals surface area contributed by atoms with Crippen LogP contribution in [-0.2, 0) is 26.2 Å². The Morgan fingerprint density at radius 2 is 1.83 bits per heavy atom. The van der Waals surface area contributed by atoms with E-state index in [0.29, 0.717) is 6.54 Å². The molecule has 35 heavy (non-hydrogen) atoms. The highest BCUT2D eigenvalue weighted by Crippen LogP contribution is 2.33. The van der Waals surface area contributed by atoms with Crippen molar-refractivity contribution in [3.05, 3.63) is 57.5 Å². The van der Waals surface area contributed by atoms with E-state index in [0.717, 1.165) is 33.4 Å². The molecule has 0 aliphatic rings. The van der Waals surface area contributed by atoms with Gasteiger partial charge in [-0.1, -0.05) is 53.0 Å². The molecular weight excluding hydrogens is 558 g/mol. The van der Waals surface area contributed by atoms with E-state index >= 15 is 0 Å². The van der Waals surface area contributed by atoms with E-state index in [4.69, 9.17) is 16.3 Å². The second kappa shape index (κ2) is 13.1. The zero-order valence-corrected chi connectivity index (χ0v) is 23.4. The van der Waals surface area contributed by atoms with Crippen LogP contribution in [0, 0.1) is 0 Å². The number of ether oxygens (including phenoxy) is 1. The summed E-state index contributed by atoms with van der Waals surface area (Å²) in [6.45, 7) is 3.73. The number of nitrogens with zero attached hydrogens (tertiary/aromatic N) is 2. The minimum absolute atomic E-state index is 0.124. The van der Waals surface area contributed by atoms with Crippen molar-refractivity contribution in [3.63, 3.8) is 0 Å². The lowest BCUT2D eigenvalue weighted by Crippen LogP contribution is -2.51. The minimum atomic E-state index is -3.90. The van der Waals surface area contributed by atoms with Crippen LogP contribution in [0.25, 0.3) is 0 Å². The third-order valence-electron chi connectivity index (χ3n) is 5.35. The summed E-state index contributed by atoms with van der Waals surface area (Å²) >= 11 is 9.50. The van der Waals surface area contributed by atoms with Crippen molar-refractivity contribution in [3.8, 4) is 5.75 Å². The summed E-state index contributed by atoms with van der Waals surface area (Å²) < 4.78 is 32.6. The Hall–Kier alpha value is -2.30. The van der Waals surface area contributed by atoms with Gasteiger partial charge in [0, 0.05) is 22.6 Å². The number of halogens is 2. The van der Waals surface area contributed by atoms with Gasteiger partial charge in [0.25, 0.3) is 0 Å². The van der Waals surface area contributed by atoms with Gasteiger partial charge in [-0.05, 0) is 49.2 Å². The summed E-state index contributed by atoms with van der Waals surface area (Å²) in [5.74, 6) is -0.605. The summed E-state index contributed by atoms with van der Waals surface area (Å²) in [6.07, 6.45) is 2.73. The normalized spacial score (nSPS) is 12.1. The van der Waals surface area contributed by atoms with Crippen molar-refractivity contribution in [1.29, 1.82) is 0 Å². The summed E-state index contributed by atoms with van der Waals surface area (Å²) in [5, 5.41) is 3.13. The number of anilines is 1. The van der Waals surface area contributed by atoms with Crippen molar-refractivity contribution < 1.29 is 22.7 Å². The predicted molar refractivity (Wildman–Crippen MR) is 142 cm³/mol. The van der Waals surface area contributed by atoms with E-state index in [-0.39, 0.29) is 28.9 Å². The minimum Gasteiger partial charge on any atom is -0.495 e. The van der Waals surface area contributed by atoms with Gasteiger partial charge < -0.3 is 15.0 Å². The van der Waals surface area contributed by atoms with E-state index in [1.165, 1.54) is 24.1 Å². The van der Waals surface area contributed by atoms with E-state index in [1.54, 1.807) is 13.0 Å². The van der Waals surface area contributed by atoms with Gasteiger partial charge in [-0.25, -0.2) is 8.42 Å². The van der Waals surface area contributed by atoms with Gasteiger partial charge in [0.1, 0.15) is 18.3 Å². The molecule has 0 aromatic heterocycles. The molecule has 0 radical (unpaired) electrons. The Bertz CT molecular complexity index is 1130. The summed E-state index contributed by atoms with van der Waals surface area (Å²) in [6, 6.07) is 11.0. The maximum absolute atomic E-state index is 13.6. The lowest BCUT2D eigenvalue weighted by Gasteiger charge is -2.32. The average Bonchev–Trinajstić information content (AvgIpc) is 2.80. The van der Waals surface area contributed by atoms with Crippen LogP contribution in [0.3, 0.4) is 0 Å². The number of hydrogen-bond donors (Lipinski definition) is 1. The third kappa shape index (κ3) is 8.40. The van der Waals surface area contributed by atoms with Crippen LogP contribution in [0.15, 0.2) is 46.9 Å². The maximum atomic E-state index is 13.6. The number of hydrogen-bond acceptors (Lipinski definition) is 5. The van der Waals surface area contributed by atoms with E-state index in [1.807, 2.05) is 31.2 Å². The second-order valence-corrected chi connectivity index (χ2v) is 11.3. The Balaban J connectivity index is 2.41. The standard InChI is InChI=1S/C24H31BrClN3O5S/c1-5-6-13-27-24(31)17(2)28(15-18-7-9-19(25)10-8-18)23(30)16-29(35(4,32)33)21-14-20(26)11-12-22(21)34-3/h7-12,14,17H,5-6,13,15-16H2,1-4H3,(H,27,31)/t17-/m0/s1. The number of nitrogens with one attached hydrogen (secondary N) is 1. The molecule has 0 spiro atoms. The molecule has 1 atom stereocenters. The van der Waals surface area contributed by atoms with Crippen LogP contribution in [0.2, 0.25) is 5.02 Å². The number of rotatable bonds is 12. The Labute approximate surface area is 220 Å². The van der Waals surface area contributed by atoms with Gasteiger partial charge in [0.15, 0.2) is 0 Å². The van der Waals surface area contributed by atoms with Crippen LogP contribution in [-0.4, -0.2) is 57.6 Å². The third-order valence-corrected chi connectivity index (χ3v) is 7.24. The van der Waals surface area contributed by atoms with Gasteiger partial charge in [0.2, 0.25) is 21.8 Å². The molecule has 2 amide bonds. The molecule has 1 N–H and O–H groups in total. The van der Waals surface area contributed by atoms with Crippen LogP contribution in [0.4, 0.5) is 5.69 Å². The van der Waals surface area contributed by atoms with Gasteiger partial charge >= 0.3 is 0 Å². The van der Waals surface area contributed by atoms with Crippen molar-refractivity contribution in [2.75, 3.05) is 30.8 Å². The number of carbonyl (C=O) groups is 2. The Morgan fingerprint density at radius 3 is 2.40 bits per heavy atom. The smallest absolute Gasteiger partial charge is 0.244 e. The molecule has 2 aromatic rings. The highest BCUT2D eigenvalue weighted by atomic mass is 79.9. The molecule has 0 saturated heterocycles. The molecule has 11 heteroatoms. The topological polar surface area (TPSA) is 96.0 Å². The number of methoxy groups -OCH3 is 1. The molecule has 0 unspecified atom stereocenters. The lowest BCUT2D eigenvalue weighted by molar-refractivity contribution is -0.139. The molecule has 2 aromatic carbocycles. The van der Waals surface area contributed by atoms with Crippen LogP contribution >= 0.6 is 27.5 Å². The average molecular weight is 589 g/mol. The van der Waals surface area contributed by atoms with E-state index in [9.17, 15) is 18.0 Å². The first-order valence-electron chi connectivity index (χ1n) is 11.1. The summed E-state index contributed by atoms with van der Waals surface area (Å²) in [7, 11) is -2.50. The second-order valence-electron chi connectivity index (χ2n) is 8.05. The molecule has 0 aliphatic carbocycles. The molecule has 2 rings (SSSR count). The largest absolute Gasteiger partial charge is 0.495 e. The lowest BCUT2D eigenvalue weighted by atomic mass is 10.1. The van der Waals surface area contributed by atoms with Crippen molar-refractivity contribution in [2.24, 2.45) is 0 Å². The quantitative estimate of drug-likeness (QED) is 0.375. The first kappa shape index (κ1) is 28.9. The predicted octanol–water partition coefficient (Wildman–Crippen LogP) is 4.21. The molecule has 8 nitrogen and oxygen atoms in total. The molecule has 0 heterocycles. The van der Waals surface area contributed by atoms with Crippen LogP contribution in [0.1, 0.15) is 32.3 Å². The number of benzene rings is 2. The fourth-order valence-electron chi connectivity index (χ4n) is 3.36. The maximum Gasteiger partial charge on any atom is 0.244 e. The molecule has 0 bridgehead atoms. The van der Waals surface area contributed by atoms with E-state index < -0.39 is 28.5 Å². The Kier molecular flexibility index (Phi) is 10.9. The zero-order valence-electron chi connectivity index (χ0n) is 20.3. The molecule has 0 aliphatic heterocycles. The fourth-order valence-corrected chi connectivity index (χ4v) is 4.63. The highest BCUT2D eigenvalue weighted by molar-refractivity contribution is 9.10. The number of amides is 2. The first-order valence-corrected chi connectivity index (χ1v) is 14.1. The van der Waals surface area contributed by atoms with Gasteiger partial charge in [-0.3, -0.25) is 13.9 Å². The van der Waals surface area contributed by atoms with Crippen molar-refractivity contribution in [2.45, 2.75) is 39.3 Å². The van der Waals surface area contributed by atoms with Crippen molar-refractivity contribution in [1.82, 2.24) is 10.2 Å². The highest BCUT2D eigenvalue weighted by Gasteiger charge is 2.31. The monoisotopic (exact) mass is 587 g/mol. The summed E-state index contributed by atoms with van der Waals surface area (Å²) in [5.41, 5.74) is 0.931. The van der Waals surface area contributed by atoms with E-state index in [2.05, 4.69) is 21.2 Å². The van der Waals surface area contributed by atoms with Crippen LogP contribution < -0.4 is 14.4 Å². The molecule has 0 saturated carbocycles. The number of sulfonamides is 1. The van der Waals surface area contributed by atoms with Gasteiger partial charge in [-0.15, -0.1) is 0 Å². The van der Waals surface area contributed by atoms with Crippen LogP contribution in [0.5, 0.6) is 5.75 Å². The van der Waals surface area contributed by atoms with Gasteiger partial charge in [-0.2, -0.15) is 0 Å². The molecular formula is C24H31BrClN3O5S. The summed E-state index contributed by atoms with van der Waals surface area (Å²) in [4.78, 5) is 27.8. The van der Waals surface area contributed by atoms with Crippen molar-refractivity contribution >= 4 is 55.1 Å². The SMILES string of the molecule is CCCCNC(=O)[C@H](C)N(Cc1ccc(Br)cc1)C(=O)CN(c1cc(Cl)ccc1OC)S(C)(=O)=O. The number of carbonyl (C=O) groups excluding carboxylic acids is 2. The zero-order chi connectivity index (χ0) is 26.2. The van der Waals surface area contributed by atoms with Gasteiger partial charge in [0.05, 0.1) is 19.1 Å².